The second-order valence-corrected chi connectivity index (χ2v) is 4.45. The van der Waals surface area contributed by atoms with E-state index in [2.05, 4.69) is 17.9 Å². The first kappa shape index (κ1) is 14.9. The smallest absolute Gasteiger partial charge is 0.142 e. The van der Waals surface area contributed by atoms with Crippen molar-refractivity contribution in [2.75, 3.05) is 5.88 Å². The summed E-state index contributed by atoms with van der Waals surface area (Å²) in [5.74, 6) is 5.35. The monoisotopic (exact) mass is 299 g/mol. The molecule has 0 spiro atoms. The summed E-state index contributed by atoms with van der Waals surface area (Å²) in [6, 6.07) is 13.6. The molecule has 2 rings (SSSR count). The van der Waals surface area contributed by atoms with Gasteiger partial charge < -0.3 is 4.74 Å². The average molecular weight is 300 g/mol. The molecule has 0 saturated carbocycles. The van der Waals surface area contributed by atoms with E-state index >= 15 is 0 Å². The lowest BCUT2D eigenvalue weighted by Gasteiger charge is -2.07. The quantitative estimate of drug-likeness (QED) is 0.637. The minimum absolute atomic E-state index is 0.160. The van der Waals surface area contributed by atoms with Crippen LogP contribution in [0.4, 0.5) is 4.39 Å². The molecule has 104 valence electrons. The maximum absolute atomic E-state index is 13.7. The van der Waals surface area contributed by atoms with E-state index < -0.39 is 5.82 Å². The predicted octanol–water partition coefficient (Wildman–Crippen LogP) is 3.87. The van der Waals surface area contributed by atoms with Gasteiger partial charge in [-0.05, 0) is 29.8 Å². The van der Waals surface area contributed by atoms with Gasteiger partial charge in [-0.25, -0.2) is 4.39 Å². The van der Waals surface area contributed by atoms with Crippen molar-refractivity contribution in [1.82, 2.24) is 0 Å². The van der Waals surface area contributed by atoms with Gasteiger partial charge in [-0.2, -0.15) is 5.26 Å². The number of hydrogen-bond acceptors (Lipinski definition) is 2. The summed E-state index contributed by atoms with van der Waals surface area (Å²) >= 11 is 5.43. The zero-order valence-electron chi connectivity index (χ0n) is 11.1. The van der Waals surface area contributed by atoms with Gasteiger partial charge in [-0.15, -0.1) is 11.6 Å². The van der Waals surface area contributed by atoms with Crippen LogP contribution in [0, 0.1) is 29.0 Å². The third-order valence-corrected chi connectivity index (χ3v) is 2.83. The molecule has 0 heterocycles. The molecular weight excluding hydrogens is 289 g/mol. The molecule has 0 aliphatic carbocycles. The van der Waals surface area contributed by atoms with Crippen LogP contribution in [0.15, 0.2) is 42.5 Å². The third-order valence-electron chi connectivity index (χ3n) is 2.69. The summed E-state index contributed by atoms with van der Waals surface area (Å²) in [4.78, 5) is 0. The normalized spacial score (nSPS) is 9.38. The van der Waals surface area contributed by atoms with Gasteiger partial charge in [0.05, 0.1) is 23.1 Å². The summed E-state index contributed by atoms with van der Waals surface area (Å²) in [5, 5.41) is 8.82. The van der Waals surface area contributed by atoms with Gasteiger partial charge in [0, 0.05) is 6.07 Å². The number of benzene rings is 2. The first-order chi connectivity index (χ1) is 10.2. The molecule has 21 heavy (non-hydrogen) atoms. The number of halogens is 2. The second-order valence-electron chi connectivity index (χ2n) is 4.18. The Hall–Kier alpha value is -2.49. The van der Waals surface area contributed by atoms with Crippen LogP contribution in [-0.2, 0) is 6.61 Å². The Morgan fingerprint density at radius 1 is 1.19 bits per heavy atom. The predicted molar refractivity (Wildman–Crippen MR) is 79.5 cm³/mol. The Kier molecular flexibility index (Phi) is 5.21. The van der Waals surface area contributed by atoms with Crippen molar-refractivity contribution < 1.29 is 9.13 Å². The fraction of sp³-hybridized carbons (Fsp3) is 0.118. The van der Waals surface area contributed by atoms with Crippen LogP contribution in [0.1, 0.15) is 16.7 Å². The van der Waals surface area contributed by atoms with Crippen LogP contribution in [-0.4, -0.2) is 5.88 Å². The molecular formula is C17H11ClFNO. The summed E-state index contributed by atoms with van der Waals surface area (Å²) in [6.45, 7) is 0.266. The highest BCUT2D eigenvalue weighted by molar-refractivity contribution is 6.19. The van der Waals surface area contributed by atoms with Crippen molar-refractivity contribution in [3.63, 3.8) is 0 Å². The average Bonchev–Trinajstić information content (AvgIpc) is 2.52. The minimum Gasteiger partial charge on any atom is -0.489 e. The van der Waals surface area contributed by atoms with Crippen molar-refractivity contribution in [3.05, 3.63) is 65.0 Å². The van der Waals surface area contributed by atoms with Crippen LogP contribution in [0.3, 0.4) is 0 Å². The van der Waals surface area contributed by atoms with Crippen molar-refractivity contribution in [3.8, 4) is 23.7 Å². The zero-order chi connectivity index (χ0) is 15.1. The Morgan fingerprint density at radius 2 is 2.05 bits per heavy atom. The van der Waals surface area contributed by atoms with Gasteiger partial charge in [0.25, 0.3) is 0 Å². The third kappa shape index (κ3) is 4.24. The van der Waals surface area contributed by atoms with Gasteiger partial charge in [0.2, 0.25) is 0 Å². The van der Waals surface area contributed by atoms with Gasteiger partial charge >= 0.3 is 0 Å². The Bertz CT molecular complexity index is 740. The fourth-order valence-electron chi connectivity index (χ4n) is 1.71. The van der Waals surface area contributed by atoms with Gasteiger partial charge in [0.1, 0.15) is 18.2 Å². The molecule has 2 aromatic rings. The minimum atomic E-state index is -0.448. The van der Waals surface area contributed by atoms with Crippen molar-refractivity contribution in [1.29, 1.82) is 5.26 Å². The van der Waals surface area contributed by atoms with E-state index in [0.717, 1.165) is 5.56 Å². The Balaban J connectivity index is 2.07. The van der Waals surface area contributed by atoms with E-state index in [0.29, 0.717) is 11.3 Å². The van der Waals surface area contributed by atoms with E-state index in [1.165, 1.54) is 6.07 Å². The summed E-state index contributed by atoms with van der Waals surface area (Å²) in [5.41, 5.74) is 1.70. The second kappa shape index (κ2) is 7.33. The lowest BCUT2D eigenvalue weighted by molar-refractivity contribution is 0.304. The molecule has 0 amide bonds. The van der Waals surface area contributed by atoms with Gasteiger partial charge in [-0.3, -0.25) is 0 Å². The number of hydrogen-bond donors (Lipinski definition) is 0. The lowest BCUT2D eigenvalue weighted by Crippen LogP contribution is -1.97. The highest BCUT2D eigenvalue weighted by atomic mass is 35.5. The molecule has 0 fully saturated rings. The topological polar surface area (TPSA) is 33.0 Å². The van der Waals surface area contributed by atoms with Crippen molar-refractivity contribution >= 4 is 11.6 Å². The van der Waals surface area contributed by atoms with Crippen LogP contribution < -0.4 is 4.74 Å². The first-order valence-corrected chi connectivity index (χ1v) is 6.72. The molecule has 2 nitrogen and oxygen atoms in total. The molecule has 0 atom stereocenters. The highest BCUT2D eigenvalue weighted by Crippen LogP contribution is 2.17. The standard InChI is InChI=1S/C17H11ClFNO/c18-8-2-5-15-6-7-16(10-17(15)19)21-12-14-4-1-3-13(9-14)11-20/h1,3-4,6-7,9-10H,8,12H2. The number of nitriles is 1. The highest BCUT2D eigenvalue weighted by Gasteiger charge is 2.03. The number of nitrogens with zero attached hydrogens (tertiary/aromatic N) is 1. The van der Waals surface area contributed by atoms with Crippen LogP contribution >= 0.6 is 11.6 Å². The van der Waals surface area contributed by atoms with E-state index in [1.807, 2.05) is 6.07 Å². The van der Waals surface area contributed by atoms with Crippen molar-refractivity contribution in [2.45, 2.75) is 6.61 Å². The summed E-state index contributed by atoms with van der Waals surface area (Å²) < 4.78 is 19.3. The maximum atomic E-state index is 13.7. The van der Waals surface area contributed by atoms with Crippen LogP contribution in [0.5, 0.6) is 5.75 Å². The largest absolute Gasteiger partial charge is 0.489 e. The van der Waals surface area contributed by atoms with Crippen molar-refractivity contribution in [2.24, 2.45) is 0 Å². The number of alkyl halides is 1. The van der Waals surface area contributed by atoms with E-state index in [1.54, 1.807) is 30.3 Å². The molecule has 0 unspecified atom stereocenters. The SMILES string of the molecule is N#Cc1cccc(COc2ccc(C#CCCl)c(F)c2)c1. The van der Waals surface area contributed by atoms with Crippen LogP contribution in [0.25, 0.3) is 0 Å². The molecule has 4 heteroatoms. The molecule has 0 aromatic heterocycles. The summed E-state index contributed by atoms with van der Waals surface area (Å²) in [6.07, 6.45) is 0. The van der Waals surface area contributed by atoms with E-state index in [-0.39, 0.29) is 18.1 Å². The molecule has 0 bridgehead atoms. The molecule has 0 N–H and O–H groups in total. The maximum Gasteiger partial charge on any atom is 0.142 e. The Morgan fingerprint density at radius 3 is 2.76 bits per heavy atom. The molecule has 0 aliphatic heterocycles. The van der Waals surface area contributed by atoms with E-state index in [9.17, 15) is 4.39 Å². The molecule has 0 radical (unpaired) electrons. The van der Waals surface area contributed by atoms with Gasteiger partial charge in [0.15, 0.2) is 0 Å². The molecule has 2 aromatic carbocycles. The number of rotatable bonds is 3. The van der Waals surface area contributed by atoms with E-state index in [4.69, 9.17) is 21.6 Å². The Labute approximate surface area is 127 Å². The van der Waals surface area contributed by atoms with Crippen LogP contribution in [0.2, 0.25) is 0 Å². The fourth-order valence-corrected chi connectivity index (χ4v) is 1.78. The molecule has 0 saturated heterocycles. The lowest BCUT2D eigenvalue weighted by atomic mass is 10.1. The first-order valence-electron chi connectivity index (χ1n) is 6.19. The summed E-state index contributed by atoms with van der Waals surface area (Å²) in [7, 11) is 0. The molecule has 0 aliphatic rings. The number of ether oxygens (including phenoxy) is 1. The zero-order valence-corrected chi connectivity index (χ0v) is 11.8. The van der Waals surface area contributed by atoms with Gasteiger partial charge in [-0.1, -0.05) is 24.0 Å².